The van der Waals surface area contributed by atoms with Crippen LogP contribution in [0.2, 0.25) is 0 Å². The number of hydrogen-bond donors (Lipinski definition) is 1. The van der Waals surface area contributed by atoms with Gasteiger partial charge in [-0.05, 0) is 18.9 Å². The van der Waals surface area contributed by atoms with E-state index in [2.05, 4.69) is 0 Å². The number of carboxylic acids is 1. The molecule has 1 aliphatic carbocycles. The summed E-state index contributed by atoms with van der Waals surface area (Å²) in [6.07, 6.45) is 1.74. The Morgan fingerprint density at radius 1 is 1.50 bits per heavy atom. The first-order valence-corrected chi connectivity index (χ1v) is 5.60. The van der Waals surface area contributed by atoms with Crippen LogP contribution in [-0.4, -0.2) is 22.6 Å². The molecule has 96 valence electrons. The Balaban J connectivity index is 1.96. The predicted molar refractivity (Wildman–Crippen MR) is 62.5 cm³/mol. The van der Waals surface area contributed by atoms with E-state index in [9.17, 15) is 14.9 Å². The van der Waals surface area contributed by atoms with Crippen molar-refractivity contribution in [2.24, 2.45) is 5.41 Å². The van der Waals surface area contributed by atoms with E-state index < -0.39 is 10.9 Å². The standard InChI is InChI=1S/C12H13NO5/c14-11(15)7-12(4-5-12)8-18-10-3-1-2-9(6-10)13(16)17/h1-3,6H,4-5,7-8H2,(H,14,15). The molecule has 0 bridgehead atoms. The topological polar surface area (TPSA) is 89.7 Å². The molecule has 1 aliphatic rings. The SMILES string of the molecule is O=C(O)CC1(COc2cccc([N+](=O)[O-])c2)CC1. The van der Waals surface area contributed by atoms with E-state index >= 15 is 0 Å². The second-order valence-electron chi connectivity index (χ2n) is 4.61. The zero-order chi connectivity index (χ0) is 13.2. The molecule has 0 atom stereocenters. The van der Waals surface area contributed by atoms with Gasteiger partial charge in [0.1, 0.15) is 5.75 Å². The van der Waals surface area contributed by atoms with E-state index in [1.807, 2.05) is 0 Å². The smallest absolute Gasteiger partial charge is 0.304 e. The van der Waals surface area contributed by atoms with Crippen LogP contribution in [0.3, 0.4) is 0 Å². The number of rotatable bonds is 6. The molecule has 0 heterocycles. The number of nitro groups is 1. The van der Waals surface area contributed by atoms with E-state index in [0.29, 0.717) is 12.4 Å². The first kappa shape index (κ1) is 12.3. The van der Waals surface area contributed by atoms with Crippen molar-refractivity contribution in [3.05, 3.63) is 34.4 Å². The highest BCUT2D eigenvalue weighted by atomic mass is 16.6. The maximum Gasteiger partial charge on any atom is 0.304 e. The van der Waals surface area contributed by atoms with Crippen LogP contribution in [-0.2, 0) is 4.79 Å². The first-order chi connectivity index (χ1) is 8.51. The fourth-order valence-corrected chi connectivity index (χ4v) is 1.79. The zero-order valence-corrected chi connectivity index (χ0v) is 9.67. The minimum Gasteiger partial charge on any atom is -0.493 e. The molecule has 1 N–H and O–H groups in total. The Kier molecular flexibility index (Phi) is 3.18. The first-order valence-electron chi connectivity index (χ1n) is 5.60. The van der Waals surface area contributed by atoms with E-state index in [-0.39, 0.29) is 17.5 Å². The molecule has 0 amide bonds. The van der Waals surface area contributed by atoms with Gasteiger partial charge >= 0.3 is 5.97 Å². The summed E-state index contributed by atoms with van der Waals surface area (Å²) in [6, 6.07) is 5.90. The molecular weight excluding hydrogens is 238 g/mol. The Labute approximate surface area is 103 Å². The number of benzene rings is 1. The summed E-state index contributed by atoms with van der Waals surface area (Å²) in [7, 11) is 0. The molecule has 6 heteroatoms. The number of carbonyl (C=O) groups is 1. The summed E-state index contributed by atoms with van der Waals surface area (Å²) < 4.78 is 5.46. The summed E-state index contributed by atoms with van der Waals surface area (Å²) in [5, 5.41) is 19.3. The van der Waals surface area contributed by atoms with E-state index in [1.54, 1.807) is 12.1 Å². The van der Waals surface area contributed by atoms with Crippen molar-refractivity contribution in [1.82, 2.24) is 0 Å². The summed E-state index contributed by atoms with van der Waals surface area (Å²) in [5.41, 5.74) is -0.313. The van der Waals surface area contributed by atoms with Gasteiger partial charge in [0.25, 0.3) is 5.69 Å². The Morgan fingerprint density at radius 2 is 2.22 bits per heavy atom. The van der Waals surface area contributed by atoms with Gasteiger partial charge in [-0.3, -0.25) is 14.9 Å². The predicted octanol–water partition coefficient (Wildman–Crippen LogP) is 2.23. The van der Waals surface area contributed by atoms with Crippen molar-refractivity contribution in [2.75, 3.05) is 6.61 Å². The quantitative estimate of drug-likeness (QED) is 0.618. The van der Waals surface area contributed by atoms with E-state index in [4.69, 9.17) is 9.84 Å². The Hall–Kier alpha value is -2.11. The van der Waals surface area contributed by atoms with Crippen LogP contribution < -0.4 is 4.74 Å². The highest BCUT2D eigenvalue weighted by Crippen LogP contribution is 2.49. The molecule has 1 fully saturated rings. The van der Waals surface area contributed by atoms with Crippen molar-refractivity contribution >= 4 is 11.7 Å². The molecule has 0 saturated heterocycles. The minimum atomic E-state index is -0.838. The monoisotopic (exact) mass is 251 g/mol. The van der Waals surface area contributed by atoms with E-state index in [1.165, 1.54) is 12.1 Å². The van der Waals surface area contributed by atoms with Crippen LogP contribution in [0.15, 0.2) is 24.3 Å². The maximum absolute atomic E-state index is 10.7. The van der Waals surface area contributed by atoms with Gasteiger partial charge in [0.05, 0.1) is 24.0 Å². The van der Waals surface area contributed by atoms with Gasteiger partial charge in [0.15, 0.2) is 0 Å². The molecule has 0 unspecified atom stereocenters. The van der Waals surface area contributed by atoms with Crippen LogP contribution in [0, 0.1) is 15.5 Å². The maximum atomic E-state index is 10.7. The summed E-state index contributed by atoms with van der Waals surface area (Å²) in [6.45, 7) is 0.292. The fraction of sp³-hybridized carbons (Fsp3) is 0.417. The number of ether oxygens (including phenoxy) is 1. The number of aliphatic carboxylic acids is 1. The number of nitro benzene ring substituents is 1. The van der Waals surface area contributed by atoms with Gasteiger partial charge in [-0.2, -0.15) is 0 Å². The molecule has 0 spiro atoms. The van der Waals surface area contributed by atoms with Gasteiger partial charge < -0.3 is 9.84 Å². The van der Waals surface area contributed by atoms with Gasteiger partial charge in [0.2, 0.25) is 0 Å². The largest absolute Gasteiger partial charge is 0.493 e. The van der Waals surface area contributed by atoms with Crippen molar-refractivity contribution in [2.45, 2.75) is 19.3 Å². The molecular formula is C12H13NO5. The zero-order valence-electron chi connectivity index (χ0n) is 9.67. The second-order valence-corrected chi connectivity index (χ2v) is 4.61. The lowest BCUT2D eigenvalue weighted by Crippen LogP contribution is -2.17. The van der Waals surface area contributed by atoms with Crippen LogP contribution in [0.5, 0.6) is 5.75 Å². The van der Waals surface area contributed by atoms with Crippen molar-refractivity contribution in [3.63, 3.8) is 0 Å². The molecule has 1 aromatic carbocycles. The normalized spacial score (nSPS) is 16.0. The second kappa shape index (κ2) is 4.64. The number of hydrogen-bond acceptors (Lipinski definition) is 4. The molecule has 0 aliphatic heterocycles. The Morgan fingerprint density at radius 3 is 2.78 bits per heavy atom. The molecule has 6 nitrogen and oxygen atoms in total. The van der Waals surface area contributed by atoms with Gasteiger partial charge in [0, 0.05) is 11.5 Å². The summed E-state index contributed by atoms with van der Waals surface area (Å²) in [5.74, 6) is -0.434. The highest BCUT2D eigenvalue weighted by molar-refractivity contribution is 5.68. The van der Waals surface area contributed by atoms with E-state index in [0.717, 1.165) is 12.8 Å². The summed E-state index contributed by atoms with van der Waals surface area (Å²) >= 11 is 0. The third-order valence-electron chi connectivity index (χ3n) is 3.06. The summed E-state index contributed by atoms with van der Waals surface area (Å²) in [4.78, 5) is 20.8. The van der Waals surface area contributed by atoms with Crippen molar-refractivity contribution in [1.29, 1.82) is 0 Å². The molecule has 0 radical (unpaired) electrons. The van der Waals surface area contributed by atoms with Crippen LogP contribution in [0.4, 0.5) is 5.69 Å². The number of carboxylic acid groups (broad SMARTS) is 1. The lowest BCUT2D eigenvalue weighted by molar-refractivity contribution is -0.384. The Bertz CT molecular complexity index is 481. The lowest BCUT2D eigenvalue weighted by atomic mass is 10.0. The highest BCUT2D eigenvalue weighted by Gasteiger charge is 2.45. The lowest BCUT2D eigenvalue weighted by Gasteiger charge is -2.13. The van der Waals surface area contributed by atoms with Crippen LogP contribution >= 0.6 is 0 Å². The van der Waals surface area contributed by atoms with Crippen LogP contribution in [0.1, 0.15) is 19.3 Å². The number of nitrogens with zero attached hydrogens (tertiary/aromatic N) is 1. The average molecular weight is 251 g/mol. The molecule has 1 aromatic rings. The molecule has 2 rings (SSSR count). The molecule has 0 aromatic heterocycles. The molecule has 1 saturated carbocycles. The third kappa shape index (κ3) is 2.97. The third-order valence-corrected chi connectivity index (χ3v) is 3.06. The fourth-order valence-electron chi connectivity index (χ4n) is 1.79. The molecule has 18 heavy (non-hydrogen) atoms. The van der Waals surface area contributed by atoms with Crippen LogP contribution in [0.25, 0.3) is 0 Å². The average Bonchev–Trinajstić information content (AvgIpc) is 3.06. The van der Waals surface area contributed by atoms with Crippen molar-refractivity contribution < 1.29 is 19.6 Å². The number of non-ortho nitro benzene ring substituents is 1. The van der Waals surface area contributed by atoms with Gasteiger partial charge in [-0.15, -0.1) is 0 Å². The van der Waals surface area contributed by atoms with Gasteiger partial charge in [-0.1, -0.05) is 6.07 Å². The van der Waals surface area contributed by atoms with Gasteiger partial charge in [-0.25, -0.2) is 0 Å². The minimum absolute atomic E-state index is 0.0319. The van der Waals surface area contributed by atoms with Crippen molar-refractivity contribution in [3.8, 4) is 5.75 Å².